The van der Waals surface area contributed by atoms with Gasteiger partial charge in [-0.15, -0.1) is 11.3 Å². The van der Waals surface area contributed by atoms with E-state index in [1.807, 2.05) is 11.3 Å². The van der Waals surface area contributed by atoms with Gasteiger partial charge in [0.2, 0.25) is 0 Å². The van der Waals surface area contributed by atoms with Crippen LogP contribution in [0.2, 0.25) is 0 Å². The molecule has 2 nitrogen and oxygen atoms in total. The lowest BCUT2D eigenvalue weighted by Gasteiger charge is -2.19. The van der Waals surface area contributed by atoms with Gasteiger partial charge in [-0.2, -0.15) is 0 Å². The van der Waals surface area contributed by atoms with Gasteiger partial charge < -0.3 is 9.13 Å². The zero-order chi connectivity index (χ0) is 33.5. The minimum Gasteiger partial charge on any atom is -0.310 e. The van der Waals surface area contributed by atoms with Crippen LogP contribution in [0.5, 0.6) is 0 Å². The summed E-state index contributed by atoms with van der Waals surface area (Å²) in [5.74, 6) is 0.301. The molecule has 3 heteroatoms. The van der Waals surface area contributed by atoms with Gasteiger partial charge >= 0.3 is 0 Å². The molecule has 3 heterocycles. The van der Waals surface area contributed by atoms with Crippen LogP contribution < -0.4 is 0 Å². The quantitative estimate of drug-likeness (QED) is 0.176. The molecule has 0 bridgehead atoms. The lowest BCUT2D eigenvalue weighted by molar-refractivity contribution is 0.855. The largest absolute Gasteiger partial charge is 0.310 e. The minimum absolute atomic E-state index is 0.301. The molecule has 2 aliphatic carbocycles. The van der Waals surface area contributed by atoms with Crippen molar-refractivity contribution in [3.63, 3.8) is 0 Å². The molecular formula is C48H34N2S. The van der Waals surface area contributed by atoms with Crippen LogP contribution in [-0.4, -0.2) is 9.13 Å². The smallest absolute Gasteiger partial charge is 0.0542 e. The molecule has 0 saturated heterocycles. The Kier molecular flexibility index (Phi) is 6.41. The van der Waals surface area contributed by atoms with Crippen molar-refractivity contribution in [1.82, 2.24) is 9.13 Å². The third kappa shape index (κ3) is 4.41. The molecule has 0 saturated carbocycles. The molecule has 3 aromatic heterocycles. The number of benzene rings is 6. The van der Waals surface area contributed by atoms with E-state index in [-0.39, 0.29) is 0 Å². The van der Waals surface area contributed by atoms with Crippen molar-refractivity contribution >= 4 is 75.9 Å². The summed E-state index contributed by atoms with van der Waals surface area (Å²) < 4.78 is 7.65. The fourth-order valence-corrected chi connectivity index (χ4v) is 10.0. The van der Waals surface area contributed by atoms with Gasteiger partial charge in [-0.1, -0.05) is 109 Å². The molecule has 11 rings (SSSR count). The first-order valence-corrected chi connectivity index (χ1v) is 18.8. The van der Waals surface area contributed by atoms with E-state index in [9.17, 15) is 0 Å². The van der Waals surface area contributed by atoms with E-state index in [1.165, 1.54) is 92.2 Å². The van der Waals surface area contributed by atoms with Crippen LogP contribution >= 0.6 is 11.3 Å². The molecule has 0 radical (unpaired) electrons. The number of aromatic nitrogens is 2. The fraction of sp³-hybridized carbons (Fsp3) is 0.0833. The van der Waals surface area contributed by atoms with E-state index < -0.39 is 0 Å². The third-order valence-electron chi connectivity index (χ3n) is 11.1. The summed E-state index contributed by atoms with van der Waals surface area (Å²) in [6.07, 6.45) is 15.0. The molecular weight excluding hydrogens is 637 g/mol. The molecule has 1 atom stereocenters. The van der Waals surface area contributed by atoms with Gasteiger partial charge in [0, 0.05) is 59.3 Å². The number of rotatable bonds is 4. The second kappa shape index (κ2) is 11.3. The van der Waals surface area contributed by atoms with Crippen LogP contribution in [0.25, 0.3) is 75.9 Å². The summed E-state index contributed by atoms with van der Waals surface area (Å²) in [6.45, 7) is 0. The Morgan fingerprint density at radius 2 is 1.29 bits per heavy atom. The topological polar surface area (TPSA) is 9.86 Å². The van der Waals surface area contributed by atoms with E-state index in [4.69, 9.17) is 0 Å². The van der Waals surface area contributed by atoms with Crippen LogP contribution in [0, 0.1) is 0 Å². The highest BCUT2D eigenvalue weighted by Gasteiger charge is 2.21. The third-order valence-corrected chi connectivity index (χ3v) is 12.3. The van der Waals surface area contributed by atoms with Crippen LogP contribution in [-0.2, 0) is 6.42 Å². The van der Waals surface area contributed by atoms with Gasteiger partial charge in [0.05, 0.1) is 16.6 Å². The number of aryl methyl sites for hydroxylation is 1. The minimum atomic E-state index is 0.301. The molecule has 6 aromatic carbocycles. The second-order valence-electron chi connectivity index (χ2n) is 14.0. The van der Waals surface area contributed by atoms with Crippen molar-refractivity contribution < 1.29 is 0 Å². The monoisotopic (exact) mass is 670 g/mol. The van der Waals surface area contributed by atoms with Gasteiger partial charge in [0.15, 0.2) is 0 Å². The van der Waals surface area contributed by atoms with Crippen molar-refractivity contribution in [2.24, 2.45) is 0 Å². The average molecular weight is 671 g/mol. The molecule has 0 fully saturated rings. The van der Waals surface area contributed by atoms with Crippen LogP contribution in [0.3, 0.4) is 0 Å². The first-order chi connectivity index (χ1) is 25.3. The Morgan fingerprint density at radius 1 is 0.549 bits per heavy atom. The van der Waals surface area contributed by atoms with Gasteiger partial charge in [0.1, 0.15) is 0 Å². The molecule has 0 aliphatic heterocycles. The lowest BCUT2D eigenvalue weighted by atomic mass is 9.87. The zero-order valence-corrected chi connectivity index (χ0v) is 28.9. The van der Waals surface area contributed by atoms with E-state index >= 15 is 0 Å². The maximum atomic E-state index is 2.49. The van der Waals surface area contributed by atoms with Crippen molar-refractivity contribution in [2.45, 2.75) is 25.2 Å². The van der Waals surface area contributed by atoms with Crippen molar-refractivity contribution in [2.75, 3.05) is 0 Å². The highest BCUT2D eigenvalue weighted by atomic mass is 32.1. The number of hydrogen-bond acceptors (Lipinski definition) is 1. The highest BCUT2D eigenvalue weighted by Crippen LogP contribution is 2.42. The molecule has 0 N–H and O–H groups in total. The van der Waals surface area contributed by atoms with E-state index in [1.54, 1.807) is 0 Å². The molecule has 0 spiro atoms. The van der Waals surface area contributed by atoms with Crippen LogP contribution in [0.4, 0.5) is 0 Å². The maximum absolute atomic E-state index is 2.49. The Morgan fingerprint density at radius 3 is 2.22 bits per heavy atom. The Balaban J connectivity index is 1.03. The predicted octanol–water partition coefficient (Wildman–Crippen LogP) is 13.2. The second-order valence-corrected chi connectivity index (χ2v) is 15.0. The van der Waals surface area contributed by atoms with Crippen molar-refractivity contribution in [3.05, 3.63) is 180 Å². The van der Waals surface area contributed by atoms with Gasteiger partial charge in [-0.05, 0) is 96.1 Å². The standard InChI is InChI=1S/C48H34N2S/c1-5-22-43-37(16-1)38-17-2-6-23-44(38)50(43)35-26-27-46-42(30-35)39-18-3-7-24-45(39)49(46)34-15-10-13-32(29-34)31-12-9-14-33(28-31)36-20-11-21-41-40-19-4-8-25-47(40)51-48(36)41/h1,3-11,13-16,18-31H,2,12,17H2. The molecule has 51 heavy (non-hydrogen) atoms. The summed E-state index contributed by atoms with van der Waals surface area (Å²) >= 11 is 1.91. The Hall–Kier alpha value is -5.90. The number of thiophene rings is 1. The van der Waals surface area contributed by atoms with Crippen LogP contribution in [0.1, 0.15) is 41.1 Å². The summed E-state index contributed by atoms with van der Waals surface area (Å²) in [7, 11) is 0. The fourth-order valence-electron chi connectivity index (χ4n) is 8.81. The number of fused-ring (bicyclic) bond motifs is 9. The number of nitrogens with zero attached hydrogens (tertiary/aromatic N) is 2. The number of hydrogen-bond donors (Lipinski definition) is 0. The molecule has 0 amide bonds. The number of para-hydroxylation sites is 2. The maximum Gasteiger partial charge on any atom is 0.0542 e. The van der Waals surface area contributed by atoms with E-state index in [2.05, 4.69) is 173 Å². The van der Waals surface area contributed by atoms with Crippen molar-refractivity contribution in [1.29, 1.82) is 0 Å². The average Bonchev–Trinajstić information content (AvgIpc) is 3.86. The predicted molar refractivity (Wildman–Crippen MR) is 219 cm³/mol. The zero-order valence-electron chi connectivity index (χ0n) is 28.1. The molecule has 9 aromatic rings. The summed E-state index contributed by atoms with van der Waals surface area (Å²) in [4.78, 5) is 0. The summed E-state index contributed by atoms with van der Waals surface area (Å²) in [5.41, 5.74) is 12.9. The molecule has 242 valence electrons. The first kappa shape index (κ1) is 28.9. The first-order valence-electron chi connectivity index (χ1n) is 18.0. The number of allylic oxidation sites excluding steroid dienone is 5. The summed E-state index contributed by atoms with van der Waals surface area (Å²) in [5, 5.41) is 6.62. The lowest BCUT2D eigenvalue weighted by Crippen LogP contribution is -2.02. The normalized spacial score (nSPS) is 15.8. The van der Waals surface area contributed by atoms with Crippen molar-refractivity contribution in [3.8, 4) is 11.4 Å². The SMILES string of the molecule is C1=Cc2c(c3ccccc3n2-c2ccc3c(c2)c2ccccc2n3-c2cccc(C3C=C(c4cccc5c4sc4ccccc45)C=CC3)c2)CC1. The van der Waals surface area contributed by atoms with Gasteiger partial charge in [-0.25, -0.2) is 0 Å². The van der Waals surface area contributed by atoms with E-state index in [0.717, 1.165) is 19.3 Å². The molecule has 2 aliphatic rings. The molecule has 1 unspecified atom stereocenters. The van der Waals surface area contributed by atoms with E-state index in [0.29, 0.717) is 5.92 Å². The Labute approximate surface area is 300 Å². The van der Waals surface area contributed by atoms with Gasteiger partial charge in [-0.3, -0.25) is 0 Å². The summed E-state index contributed by atoms with van der Waals surface area (Å²) in [6, 6.07) is 49.6. The van der Waals surface area contributed by atoms with Gasteiger partial charge in [0.25, 0.3) is 0 Å². The highest BCUT2D eigenvalue weighted by molar-refractivity contribution is 7.26. The van der Waals surface area contributed by atoms with Crippen LogP contribution in [0.15, 0.2) is 158 Å². The Bertz CT molecular complexity index is 2960.